The van der Waals surface area contributed by atoms with Crippen molar-refractivity contribution in [3.63, 3.8) is 0 Å². The molecule has 0 aliphatic heterocycles. The van der Waals surface area contributed by atoms with Crippen LogP contribution in [0.5, 0.6) is 23.0 Å². The van der Waals surface area contributed by atoms with Crippen molar-refractivity contribution in [3.05, 3.63) is 46.0 Å². The number of benzene rings is 2. The highest BCUT2D eigenvalue weighted by atomic mass is 16.5. The quantitative estimate of drug-likeness (QED) is 0.396. The second-order valence-electron chi connectivity index (χ2n) is 12.2. The number of aryl methyl sites for hydroxylation is 1. The normalized spacial score (nSPS) is 30.1. The van der Waals surface area contributed by atoms with Gasteiger partial charge in [0.15, 0.2) is 17.3 Å². The zero-order valence-corrected chi connectivity index (χ0v) is 24.4. The highest BCUT2D eigenvalue weighted by molar-refractivity contribution is 6.04. The van der Waals surface area contributed by atoms with Crippen molar-refractivity contribution in [2.75, 3.05) is 28.4 Å². The predicted molar refractivity (Wildman–Crippen MR) is 150 cm³/mol. The minimum Gasteiger partial charge on any atom is -0.496 e. The molecule has 0 aromatic heterocycles. The van der Waals surface area contributed by atoms with Crippen molar-refractivity contribution in [3.8, 4) is 23.0 Å². The maximum Gasteiger partial charge on any atom is 0.302 e. The molecule has 4 aliphatic carbocycles. The van der Waals surface area contributed by atoms with Crippen molar-refractivity contribution >= 4 is 11.8 Å². The third kappa shape index (κ3) is 3.91. The van der Waals surface area contributed by atoms with Crippen LogP contribution in [0.3, 0.4) is 0 Å². The molecule has 6 rings (SSSR count). The van der Waals surface area contributed by atoms with E-state index in [9.17, 15) is 9.59 Å². The Balaban J connectivity index is 1.42. The van der Waals surface area contributed by atoms with Gasteiger partial charge in [0.1, 0.15) is 11.9 Å². The number of ether oxygens (including phenoxy) is 5. The Bertz CT molecular complexity index is 1360. The lowest BCUT2D eigenvalue weighted by Gasteiger charge is -2.50. The summed E-state index contributed by atoms with van der Waals surface area (Å²) in [5.74, 6) is 3.58. The summed E-state index contributed by atoms with van der Waals surface area (Å²) < 4.78 is 28.9. The second-order valence-corrected chi connectivity index (χ2v) is 12.2. The number of methoxy groups -OCH3 is 4. The molecular formula is C33H40O7. The molecule has 0 amide bonds. The van der Waals surface area contributed by atoms with Gasteiger partial charge in [-0.15, -0.1) is 0 Å². The van der Waals surface area contributed by atoms with Crippen molar-refractivity contribution in [2.24, 2.45) is 17.3 Å². The Kier molecular flexibility index (Phi) is 6.75. The van der Waals surface area contributed by atoms with Crippen LogP contribution in [0.2, 0.25) is 0 Å². The fourth-order valence-corrected chi connectivity index (χ4v) is 8.83. The number of hydrogen-bond acceptors (Lipinski definition) is 7. The molecule has 0 heterocycles. The smallest absolute Gasteiger partial charge is 0.302 e. The van der Waals surface area contributed by atoms with Crippen LogP contribution in [0.15, 0.2) is 18.2 Å². The third-order valence-electron chi connectivity index (χ3n) is 10.6. The molecule has 2 aromatic rings. The number of esters is 1. The Morgan fingerprint density at radius 2 is 1.62 bits per heavy atom. The zero-order chi connectivity index (χ0) is 28.3. The van der Waals surface area contributed by atoms with Gasteiger partial charge in [0.2, 0.25) is 5.75 Å². The molecule has 2 saturated carbocycles. The molecule has 2 fully saturated rings. The summed E-state index contributed by atoms with van der Waals surface area (Å²) in [4.78, 5) is 25.2. The van der Waals surface area contributed by atoms with Crippen LogP contribution < -0.4 is 18.9 Å². The van der Waals surface area contributed by atoms with Crippen molar-refractivity contribution in [2.45, 2.75) is 76.7 Å². The monoisotopic (exact) mass is 548 g/mol. The van der Waals surface area contributed by atoms with E-state index >= 15 is 0 Å². The fraction of sp³-hybridized carbons (Fsp3) is 0.576. The minimum absolute atomic E-state index is 0.0178. The van der Waals surface area contributed by atoms with Crippen LogP contribution in [-0.2, 0) is 16.0 Å². The van der Waals surface area contributed by atoms with Gasteiger partial charge in [0.25, 0.3) is 0 Å². The van der Waals surface area contributed by atoms with E-state index in [0.717, 1.165) is 55.4 Å². The Morgan fingerprint density at radius 1 is 0.875 bits per heavy atom. The van der Waals surface area contributed by atoms with Gasteiger partial charge in [-0.1, -0.05) is 13.0 Å². The predicted octanol–water partition coefficient (Wildman–Crippen LogP) is 6.23. The van der Waals surface area contributed by atoms with Crippen LogP contribution in [0.1, 0.15) is 96.8 Å². The number of ketones is 1. The summed E-state index contributed by atoms with van der Waals surface area (Å²) in [5, 5.41) is 0. The number of rotatable bonds is 6. The standard InChI is InChI=1S/C33H40O7/c1-17(34)40-29-10-9-25-20-8-7-18-13-27(36-3)22(14-21(18)19(20)11-12-33(25,29)2)23-15-26(35)24-16-28(37-4)31(38-5)32(39-6)30(23)24/h13-14,16,19-20,23,25,29H,7-12,15H2,1-6H3/t19-,20+,23?,25-,29-,33-/m0/s1. The van der Waals surface area contributed by atoms with E-state index in [1.54, 1.807) is 34.5 Å². The number of carbonyl (C=O) groups is 2. The first kappa shape index (κ1) is 27.0. The average molecular weight is 549 g/mol. The lowest BCUT2D eigenvalue weighted by Crippen LogP contribution is -2.45. The molecule has 4 aliphatic rings. The molecule has 0 N–H and O–H groups in total. The van der Waals surface area contributed by atoms with Crippen LogP contribution in [-0.4, -0.2) is 46.3 Å². The number of fused-ring (bicyclic) bond motifs is 6. The van der Waals surface area contributed by atoms with Crippen LogP contribution in [0.25, 0.3) is 0 Å². The van der Waals surface area contributed by atoms with Gasteiger partial charge >= 0.3 is 5.97 Å². The average Bonchev–Trinajstić information content (AvgIpc) is 3.46. The van der Waals surface area contributed by atoms with Crippen LogP contribution in [0.4, 0.5) is 0 Å². The molecule has 0 saturated heterocycles. The highest BCUT2D eigenvalue weighted by Crippen LogP contribution is 2.62. The zero-order valence-electron chi connectivity index (χ0n) is 24.4. The first-order valence-corrected chi connectivity index (χ1v) is 14.5. The molecular weight excluding hydrogens is 508 g/mol. The maximum absolute atomic E-state index is 13.3. The summed E-state index contributed by atoms with van der Waals surface area (Å²) >= 11 is 0. The molecule has 0 spiro atoms. The lowest BCUT2D eigenvalue weighted by atomic mass is 9.55. The SMILES string of the molecule is COc1cc2c(cc1C1CC(=O)c3cc(OC)c(OC)c(OC)c31)[C@H]1CC[C@]3(C)[C@@H](OC(C)=O)CC[C@H]3[C@@H]1CC2. The fourth-order valence-electron chi connectivity index (χ4n) is 8.83. The molecule has 6 atom stereocenters. The van der Waals surface area contributed by atoms with Gasteiger partial charge in [0, 0.05) is 41.4 Å². The lowest BCUT2D eigenvalue weighted by molar-refractivity contribution is -0.154. The summed E-state index contributed by atoms with van der Waals surface area (Å²) in [6, 6.07) is 6.32. The summed E-state index contributed by atoms with van der Waals surface area (Å²) in [6.07, 6.45) is 6.69. The van der Waals surface area contributed by atoms with E-state index in [-0.39, 0.29) is 29.2 Å². The van der Waals surface area contributed by atoms with Gasteiger partial charge in [-0.2, -0.15) is 0 Å². The summed E-state index contributed by atoms with van der Waals surface area (Å²) in [6.45, 7) is 3.87. The number of Topliss-reactive ketones (excluding diaryl/α,β-unsaturated/α-hetero) is 1. The summed E-state index contributed by atoms with van der Waals surface area (Å²) in [5.41, 5.74) is 5.27. The third-order valence-corrected chi connectivity index (χ3v) is 10.6. The Hall–Kier alpha value is -3.22. The molecule has 40 heavy (non-hydrogen) atoms. The van der Waals surface area contributed by atoms with Gasteiger partial charge in [-0.3, -0.25) is 9.59 Å². The van der Waals surface area contributed by atoms with Crippen molar-refractivity contribution in [1.82, 2.24) is 0 Å². The van der Waals surface area contributed by atoms with E-state index in [0.29, 0.717) is 47.0 Å². The molecule has 0 bridgehead atoms. The van der Waals surface area contributed by atoms with E-state index in [4.69, 9.17) is 23.7 Å². The largest absolute Gasteiger partial charge is 0.496 e. The molecule has 1 unspecified atom stereocenters. The van der Waals surface area contributed by atoms with E-state index in [1.807, 2.05) is 0 Å². The molecule has 0 radical (unpaired) electrons. The van der Waals surface area contributed by atoms with Gasteiger partial charge in [0.05, 0.1) is 28.4 Å². The van der Waals surface area contributed by atoms with Crippen LogP contribution in [0, 0.1) is 17.3 Å². The van der Waals surface area contributed by atoms with Gasteiger partial charge < -0.3 is 23.7 Å². The molecule has 214 valence electrons. The first-order chi connectivity index (χ1) is 19.2. The second kappa shape index (κ2) is 10.0. The van der Waals surface area contributed by atoms with Crippen LogP contribution >= 0.6 is 0 Å². The maximum atomic E-state index is 13.3. The van der Waals surface area contributed by atoms with Crippen molar-refractivity contribution < 1.29 is 33.3 Å². The van der Waals surface area contributed by atoms with E-state index < -0.39 is 0 Å². The van der Waals surface area contributed by atoms with Crippen molar-refractivity contribution in [1.29, 1.82) is 0 Å². The Morgan fingerprint density at radius 3 is 2.30 bits per heavy atom. The number of hydrogen-bond donors (Lipinski definition) is 0. The van der Waals surface area contributed by atoms with Gasteiger partial charge in [-0.05, 0) is 79.5 Å². The topological polar surface area (TPSA) is 80.3 Å². The van der Waals surface area contributed by atoms with E-state index in [1.165, 1.54) is 18.1 Å². The molecule has 2 aromatic carbocycles. The molecule has 7 heteroatoms. The minimum atomic E-state index is -0.202. The van der Waals surface area contributed by atoms with Gasteiger partial charge in [-0.25, -0.2) is 0 Å². The Labute approximate surface area is 236 Å². The number of carbonyl (C=O) groups excluding carboxylic acids is 2. The molecule has 7 nitrogen and oxygen atoms in total. The summed E-state index contributed by atoms with van der Waals surface area (Å²) in [7, 11) is 6.47. The first-order valence-electron chi connectivity index (χ1n) is 14.5. The van der Waals surface area contributed by atoms with E-state index in [2.05, 4.69) is 19.1 Å². The highest BCUT2D eigenvalue weighted by Gasteiger charge is 2.56.